The van der Waals surface area contributed by atoms with Crippen LogP contribution in [0.25, 0.3) is 0 Å². The Bertz CT molecular complexity index is 571. The van der Waals surface area contributed by atoms with Crippen molar-refractivity contribution in [2.24, 2.45) is 5.73 Å². The Kier molecular flexibility index (Phi) is 3.75. The largest absolute Gasteiger partial charge is 0.479 e. The summed E-state index contributed by atoms with van der Waals surface area (Å²) in [5, 5.41) is 0. The van der Waals surface area contributed by atoms with Gasteiger partial charge < -0.3 is 14.9 Å². The molecule has 1 aromatic heterocycles. The molecule has 1 heterocycles. The van der Waals surface area contributed by atoms with Crippen molar-refractivity contribution in [3.8, 4) is 5.75 Å². The summed E-state index contributed by atoms with van der Waals surface area (Å²) in [6.07, 6.45) is 0. The minimum atomic E-state index is -1.59. The molecule has 0 saturated carbocycles. The summed E-state index contributed by atoms with van der Waals surface area (Å²) >= 11 is 0. The van der Waals surface area contributed by atoms with E-state index in [1.165, 1.54) is 6.07 Å². The zero-order valence-corrected chi connectivity index (χ0v) is 9.55. The van der Waals surface area contributed by atoms with Gasteiger partial charge in [0.15, 0.2) is 17.4 Å². The van der Waals surface area contributed by atoms with E-state index in [4.69, 9.17) is 14.9 Å². The van der Waals surface area contributed by atoms with Gasteiger partial charge in [0.05, 0.1) is 6.54 Å². The third-order valence-electron chi connectivity index (χ3n) is 2.35. The van der Waals surface area contributed by atoms with Crippen LogP contribution in [0.15, 0.2) is 22.6 Å². The van der Waals surface area contributed by atoms with Gasteiger partial charge in [-0.1, -0.05) is 0 Å². The number of nitrogens with two attached hydrogens (primary N) is 1. The van der Waals surface area contributed by atoms with Crippen LogP contribution in [0.1, 0.15) is 11.5 Å². The number of halogens is 4. The molecular formula is C12H9F4NO2. The van der Waals surface area contributed by atoms with E-state index in [-0.39, 0.29) is 25.0 Å². The van der Waals surface area contributed by atoms with E-state index in [0.717, 1.165) is 0 Å². The van der Waals surface area contributed by atoms with E-state index < -0.39 is 29.0 Å². The van der Waals surface area contributed by atoms with Gasteiger partial charge in [-0.25, -0.2) is 8.78 Å². The van der Waals surface area contributed by atoms with E-state index in [0.29, 0.717) is 5.76 Å². The van der Waals surface area contributed by atoms with Gasteiger partial charge in [-0.3, -0.25) is 0 Å². The van der Waals surface area contributed by atoms with E-state index in [2.05, 4.69) is 0 Å². The van der Waals surface area contributed by atoms with E-state index in [1.807, 2.05) is 0 Å². The fourth-order valence-electron chi connectivity index (χ4n) is 1.43. The molecule has 0 aliphatic rings. The molecule has 19 heavy (non-hydrogen) atoms. The summed E-state index contributed by atoms with van der Waals surface area (Å²) in [6.45, 7) is -0.228. The molecule has 0 bridgehead atoms. The lowest BCUT2D eigenvalue weighted by Gasteiger charge is -2.08. The lowest BCUT2D eigenvalue weighted by atomic mass is 10.3. The van der Waals surface area contributed by atoms with Crippen LogP contribution in [0.4, 0.5) is 17.6 Å². The first-order chi connectivity index (χ1) is 9.02. The Morgan fingerprint density at radius 1 is 1.00 bits per heavy atom. The van der Waals surface area contributed by atoms with Crippen molar-refractivity contribution in [3.63, 3.8) is 0 Å². The van der Waals surface area contributed by atoms with Crippen LogP contribution >= 0.6 is 0 Å². The van der Waals surface area contributed by atoms with Crippen LogP contribution < -0.4 is 10.5 Å². The lowest BCUT2D eigenvalue weighted by Crippen LogP contribution is -2.03. The summed E-state index contributed by atoms with van der Waals surface area (Å²) < 4.78 is 62.1. The first-order valence-corrected chi connectivity index (χ1v) is 5.26. The maximum atomic E-state index is 13.3. The predicted octanol–water partition coefficient (Wildman–Crippen LogP) is 2.87. The van der Waals surface area contributed by atoms with Crippen molar-refractivity contribution >= 4 is 0 Å². The molecule has 0 atom stereocenters. The summed E-state index contributed by atoms with van der Waals surface area (Å²) in [5.74, 6) is -6.70. The Hall–Kier alpha value is -2.02. The molecule has 3 nitrogen and oxygen atoms in total. The highest BCUT2D eigenvalue weighted by atomic mass is 19.2. The highest BCUT2D eigenvalue weighted by Gasteiger charge is 2.20. The van der Waals surface area contributed by atoms with Crippen molar-refractivity contribution in [2.45, 2.75) is 13.2 Å². The number of ether oxygens (including phenoxy) is 1. The van der Waals surface area contributed by atoms with Crippen molar-refractivity contribution in [3.05, 3.63) is 53.0 Å². The van der Waals surface area contributed by atoms with Crippen LogP contribution in [0.3, 0.4) is 0 Å². The quantitative estimate of drug-likeness (QED) is 0.689. The molecule has 0 spiro atoms. The molecule has 2 rings (SSSR count). The zero-order chi connectivity index (χ0) is 14.0. The summed E-state index contributed by atoms with van der Waals surface area (Å²) in [5.41, 5.74) is 5.30. The fraction of sp³-hybridized carbons (Fsp3) is 0.167. The van der Waals surface area contributed by atoms with Gasteiger partial charge in [0.1, 0.15) is 18.1 Å². The van der Waals surface area contributed by atoms with Crippen LogP contribution in [0.2, 0.25) is 0 Å². The minimum Gasteiger partial charge on any atom is -0.479 e. The molecule has 0 saturated heterocycles. The third-order valence-corrected chi connectivity index (χ3v) is 2.35. The van der Waals surface area contributed by atoms with E-state index in [9.17, 15) is 17.6 Å². The van der Waals surface area contributed by atoms with Gasteiger partial charge in [0.2, 0.25) is 11.6 Å². The highest BCUT2D eigenvalue weighted by Crippen LogP contribution is 2.27. The highest BCUT2D eigenvalue weighted by molar-refractivity contribution is 5.28. The topological polar surface area (TPSA) is 48.4 Å². The average molecular weight is 275 g/mol. The Morgan fingerprint density at radius 2 is 1.58 bits per heavy atom. The van der Waals surface area contributed by atoms with Gasteiger partial charge in [-0.15, -0.1) is 0 Å². The standard InChI is InChI=1S/C12H9F4NO2/c13-8-3-9(14)11(16)12(10(8)15)18-5-7-2-1-6(4-17)19-7/h1-3H,4-5,17H2. The molecule has 102 valence electrons. The van der Waals surface area contributed by atoms with Crippen molar-refractivity contribution < 1.29 is 26.7 Å². The third kappa shape index (κ3) is 2.70. The summed E-state index contributed by atoms with van der Waals surface area (Å²) in [7, 11) is 0. The monoisotopic (exact) mass is 275 g/mol. The second-order valence-electron chi connectivity index (χ2n) is 3.66. The maximum absolute atomic E-state index is 13.3. The van der Waals surface area contributed by atoms with Crippen molar-refractivity contribution in [1.29, 1.82) is 0 Å². The number of hydrogen-bond donors (Lipinski definition) is 1. The molecule has 1 aromatic carbocycles. The molecule has 0 amide bonds. The van der Waals surface area contributed by atoms with Crippen LogP contribution in [0.5, 0.6) is 5.75 Å². The molecule has 2 aromatic rings. The first-order valence-electron chi connectivity index (χ1n) is 5.26. The van der Waals surface area contributed by atoms with Crippen molar-refractivity contribution in [1.82, 2.24) is 0 Å². The molecule has 0 radical (unpaired) electrons. The number of benzene rings is 1. The van der Waals surface area contributed by atoms with Crippen LogP contribution in [-0.2, 0) is 13.2 Å². The Morgan fingerprint density at radius 3 is 2.11 bits per heavy atom. The van der Waals surface area contributed by atoms with Crippen molar-refractivity contribution in [2.75, 3.05) is 0 Å². The van der Waals surface area contributed by atoms with Crippen LogP contribution in [0, 0.1) is 23.3 Å². The molecule has 2 N–H and O–H groups in total. The molecule has 0 aliphatic heterocycles. The SMILES string of the molecule is NCc1ccc(COc2c(F)c(F)cc(F)c2F)o1. The van der Waals surface area contributed by atoms with E-state index in [1.54, 1.807) is 6.07 Å². The number of furan rings is 1. The Balaban J connectivity index is 2.19. The number of rotatable bonds is 4. The summed E-state index contributed by atoms with van der Waals surface area (Å²) in [4.78, 5) is 0. The molecule has 0 unspecified atom stereocenters. The molecule has 0 aliphatic carbocycles. The predicted molar refractivity (Wildman–Crippen MR) is 57.2 cm³/mol. The van der Waals surface area contributed by atoms with Gasteiger partial charge in [-0.2, -0.15) is 8.78 Å². The fourth-order valence-corrected chi connectivity index (χ4v) is 1.43. The van der Waals surface area contributed by atoms with Gasteiger partial charge in [0, 0.05) is 6.07 Å². The second-order valence-corrected chi connectivity index (χ2v) is 3.66. The van der Waals surface area contributed by atoms with Crippen LogP contribution in [-0.4, -0.2) is 0 Å². The number of hydrogen-bond acceptors (Lipinski definition) is 3. The van der Waals surface area contributed by atoms with Gasteiger partial charge in [0.25, 0.3) is 0 Å². The molecule has 7 heteroatoms. The zero-order valence-electron chi connectivity index (χ0n) is 9.55. The molecule has 0 fully saturated rings. The maximum Gasteiger partial charge on any atom is 0.203 e. The van der Waals surface area contributed by atoms with E-state index >= 15 is 0 Å². The molecular weight excluding hydrogens is 266 g/mol. The Labute approximate surface area is 105 Å². The van der Waals surface area contributed by atoms with Gasteiger partial charge in [-0.05, 0) is 12.1 Å². The normalized spacial score (nSPS) is 10.8. The first kappa shape index (κ1) is 13.4. The minimum absolute atomic E-state index is 0.108. The van der Waals surface area contributed by atoms with Gasteiger partial charge >= 0.3 is 0 Å². The average Bonchev–Trinajstić information content (AvgIpc) is 2.84. The lowest BCUT2D eigenvalue weighted by molar-refractivity contribution is 0.235. The second kappa shape index (κ2) is 5.31. The summed E-state index contributed by atoms with van der Waals surface area (Å²) in [6, 6.07) is 3.14. The smallest absolute Gasteiger partial charge is 0.203 e.